The maximum absolute atomic E-state index is 12.5. The fourth-order valence-corrected chi connectivity index (χ4v) is 3.59. The molecule has 1 fully saturated rings. The minimum Gasteiger partial charge on any atom is -0.492 e. The van der Waals surface area contributed by atoms with Gasteiger partial charge in [0.05, 0.1) is 12.8 Å². The fourth-order valence-electron chi connectivity index (χ4n) is 3.47. The molecule has 2 aromatic heterocycles. The number of carbonyl (C=O) groups excluding carboxylic acids is 1. The molecule has 1 aliphatic heterocycles. The predicted molar refractivity (Wildman–Crippen MR) is 114 cm³/mol. The summed E-state index contributed by atoms with van der Waals surface area (Å²) in [6.45, 7) is 2.00. The third kappa shape index (κ3) is 5.01. The van der Waals surface area contributed by atoms with Crippen molar-refractivity contribution in [2.75, 3.05) is 31.1 Å². The van der Waals surface area contributed by atoms with E-state index >= 15 is 0 Å². The normalized spacial score (nSPS) is 14.3. The van der Waals surface area contributed by atoms with Gasteiger partial charge < -0.3 is 23.8 Å². The lowest BCUT2D eigenvalue weighted by Gasteiger charge is -2.30. The standard InChI is InChI=1S/C22H21ClN4O4/c23-16-3-5-17(6-4-16)29-13-9-25-20(28)15-7-10-27(11-8-15)22-18(14-24)26-21(31-22)19-2-1-12-30-19/h1-6,12,15H,7-11,13H2,(H,25,28). The average Bonchev–Trinajstić information content (AvgIpc) is 3.48. The van der Waals surface area contributed by atoms with Crippen LogP contribution >= 0.6 is 11.6 Å². The van der Waals surface area contributed by atoms with Crippen molar-refractivity contribution in [3.8, 4) is 23.5 Å². The number of halogens is 1. The lowest BCUT2D eigenvalue weighted by atomic mass is 9.96. The number of rotatable bonds is 7. The number of amides is 1. The molecule has 0 spiro atoms. The summed E-state index contributed by atoms with van der Waals surface area (Å²) in [7, 11) is 0. The Kier molecular flexibility index (Phi) is 6.43. The highest BCUT2D eigenvalue weighted by atomic mass is 35.5. The van der Waals surface area contributed by atoms with E-state index in [1.165, 1.54) is 6.26 Å². The summed E-state index contributed by atoms with van der Waals surface area (Å²) in [5.41, 5.74) is 0.216. The number of piperidine rings is 1. The predicted octanol–water partition coefficient (Wildman–Crippen LogP) is 3.87. The molecule has 3 aromatic rings. The highest BCUT2D eigenvalue weighted by Crippen LogP contribution is 2.31. The lowest BCUT2D eigenvalue weighted by molar-refractivity contribution is -0.125. The Balaban J connectivity index is 1.25. The molecule has 160 valence electrons. The molecular weight excluding hydrogens is 420 g/mol. The summed E-state index contributed by atoms with van der Waals surface area (Å²) in [6.07, 6.45) is 2.84. The van der Waals surface area contributed by atoms with Crippen LogP contribution in [0.3, 0.4) is 0 Å². The number of hydrogen-bond donors (Lipinski definition) is 1. The van der Waals surface area contributed by atoms with E-state index in [0.29, 0.717) is 61.5 Å². The van der Waals surface area contributed by atoms with E-state index in [1.807, 2.05) is 4.90 Å². The molecule has 1 aliphatic rings. The molecule has 0 unspecified atom stereocenters. The Bertz CT molecular complexity index is 1050. The molecule has 3 heterocycles. The third-order valence-electron chi connectivity index (χ3n) is 5.08. The van der Waals surface area contributed by atoms with Gasteiger partial charge in [0, 0.05) is 24.0 Å². The molecule has 0 atom stereocenters. The van der Waals surface area contributed by atoms with E-state index in [9.17, 15) is 10.1 Å². The summed E-state index contributed by atoms with van der Waals surface area (Å²) in [4.78, 5) is 18.6. The number of aromatic nitrogens is 1. The molecule has 1 aromatic carbocycles. The molecule has 31 heavy (non-hydrogen) atoms. The van der Waals surface area contributed by atoms with Crippen LogP contribution in [0.25, 0.3) is 11.7 Å². The first kappa shape index (κ1) is 20.8. The van der Waals surface area contributed by atoms with Crippen LogP contribution in [-0.2, 0) is 4.79 Å². The van der Waals surface area contributed by atoms with Gasteiger partial charge in [0.15, 0.2) is 5.76 Å². The molecule has 1 saturated heterocycles. The lowest BCUT2D eigenvalue weighted by Crippen LogP contribution is -2.41. The van der Waals surface area contributed by atoms with E-state index in [-0.39, 0.29) is 23.4 Å². The van der Waals surface area contributed by atoms with Gasteiger partial charge in [0.25, 0.3) is 5.89 Å². The van der Waals surface area contributed by atoms with E-state index in [2.05, 4.69) is 16.4 Å². The number of furan rings is 1. The van der Waals surface area contributed by atoms with Crippen LogP contribution in [0.15, 0.2) is 51.5 Å². The molecular formula is C22H21ClN4O4. The van der Waals surface area contributed by atoms with Gasteiger partial charge in [-0.1, -0.05) is 11.6 Å². The van der Waals surface area contributed by atoms with Crippen molar-refractivity contribution in [2.45, 2.75) is 12.8 Å². The molecule has 0 aliphatic carbocycles. The number of oxazole rings is 1. The molecule has 0 radical (unpaired) electrons. The van der Waals surface area contributed by atoms with Gasteiger partial charge in [-0.2, -0.15) is 10.2 Å². The number of nitriles is 1. The van der Waals surface area contributed by atoms with Crippen molar-refractivity contribution in [3.05, 3.63) is 53.4 Å². The van der Waals surface area contributed by atoms with Crippen molar-refractivity contribution in [2.24, 2.45) is 5.92 Å². The van der Waals surface area contributed by atoms with E-state index in [1.54, 1.807) is 36.4 Å². The number of anilines is 1. The Hall–Kier alpha value is -3.44. The Morgan fingerprint density at radius 2 is 2.06 bits per heavy atom. The van der Waals surface area contributed by atoms with Crippen LogP contribution in [0, 0.1) is 17.2 Å². The average molecular weight is 441 g/mol. The molecule has 4 rings (SSSR count). The fraction of sp³-hybridized carbons (Fsp3) is 0.318. The van der Waals surface area contributed by atoms with E-state index < -0.39 is 0 Å². The van der Waals surface area contributed by atoms with Crippen molar-refractivity contribution in [3.63, 3.8) is 0 Å². The van der Waals surface area contributed by atoms with Crippen LogP contribution < -0.4 is 15.0 Å². The van der Waals surface area contributed by atoms with Crippen LogP contribution in [0.4, 0.5) is 5.88 Å². The summed E-state index contributed by atoms with van der Waals surface area (Å²) >= 11 is 5.85. The number of nitrogens with one attached hydrogen (secondary N) is 1. The highest BCUT2D eigenvalue weighted by Gasteiger charge is 2.29. The number of nitrogens with zero attached hydrogens (tertiary/aromatic N) is 3. The van der Waals surface area contributed by atoms with Crippen molar-refractivity contribution in [1.29, 1.82) is 5.26 Å². The minimum atomic E-state index is -0.0928. The van der Waals surface area contributed by atoms with Gasteiger partial charge in [-0.25, -0.2) is 0 Å². The second-order valence-corrected chi connectivity index (χ2v) is 7.55. The zero-order chi connectivity index (χ0) is 21.6. The number of hydrogen-bond acceptors (Lipinski definition) is 7. The topological polar surface area (TPSA) is 105 Å². The summed E-state index contributed by atoms with van der Waals surface area (Å²) in [5.74, 6) is 1.79. The molecule has 1 N–H and O–H groups in total. The van der Waals surface area contributed by atoms with Gasteiger partial charge in [-0.3, -0.25) is 4.79 Å². The smallest absolute Gasteiger partial charge is 0.266 e. The highest BCUT2D eigenvalue weighted by molar-refractivity contribution is 6.30. The second kappa shape index (κ2) is 9.58. The van der Waals surface area contributed by atoms with Crippen LogP contribution in [-0.4, -0.2) is 37.1 Å². The van der Waals surface area contributed by atoms with Gasteiger partial charge in [0.2, 0.25) is 17.5 Å². The van der Waals surface area contributed by atoms with Crippen molar-refractivity contribution in [1.82, 2.24) is 10.3 Å². The van der Waals surface area contributed by atoms with E-state index in [0.717, 1.165) is 0 Å². The van der Waals surface area contributed by atoms with Crippen LogP contribution in [0.2, 0.25) is 5.02 Å². The summed E-state index contributed by atoms with van der Waals surface area (Å²) in [5, 5.41) is 13.0. The molecule has 9 heteroatoms. The number of ether oxygens (including phenoxy) is 1. The van der Waals surface area contributed by atoms with Gasteiger partial charge >= 0.3 is 0 Å². The van der Waals surface area contributed by atoms with Crippen molar-refractivity contribution < 1.29 is 18.4 Å². The third-order valence-corrected chi connectivity index (χ3v) is 5.34. The molecule has 1 amide bonds. The maximum atomic E-state index is 12.5. The van der Waals surface area contributed by atoms with Crippen LogP contribution in [0.5, 0.6) is 5.75 Å². The Morgan fingerprint density at radius 1 is 1.29 bits per heavy atom. The monoisotopic (exact) mass is 440 g/mol. The Labute approximate surface area is 184 Å². The SMILES string of the molecule is N#Cc1nc(-c2ccco2)oc1N1CCC(C(=O)NCCOc2ccc(Cl)cc2)CC1. The van der Waals surface area contributed by atoms with Crippen LogP contribution in [0.1, 0.15) is 18.5 Å². The second-order valence-electron chi connectivity index (χ2n) is 7.12. The molecule has 8 nitrogen and oxygen atoms in total. The summed E-state index contributed by atoms with van der Waals surface area (Å²) < 4.78 is 16.7. The zero-order valence-electron chi connectivity index (χ0n) is 16.7. The number of carbonyl (C=O) groups is 1. The molecule has 0 bridgehead atoms. The first-order chi connectivity index (χ1) is 15.1. The van der Waals surface area contributed by atoms with Crippen molar-refractivity contribution >= 4 is 23.4 Å². The quantitative estimate of drug-likeness (QED) is 0.556. The Morgan fingerprint density at radius 3 is 2.74 bits per heavy atom. The van der Waals surface area contributed by atoms with Gasteiger partial charge in [-0.05, 0) is 49.2 Å². The number of benzene rings is 1. The van der Waals surface area contributed by atoms with Gasteiger partial charge in [0.1, 0.15) is 18.4 Å². The van der Waals surface area contributed by atoms with E-state index in [4.69, 9.17) is 25.2 Å². The summed E-state index contributed by atoms with van der Waals surface area (Å²) in [6, 6.07) is 12.6. The minimum absolute atomic E-state index is 0.00806. The first-order valence-electron chi connectivity index (χ1n) is 10.00. The first-order valence-corrected chi connectivity index (χ1v) is 10.4. The maximum Gasteiger partial charge on any atom is 0.266 e. The zero-order valence-corrected chi connectivity index (χ0v) is 17.5. The molecule has 0 saturated carbocycles. The largest absolute Gasteiger partial charge is 0.492 e. The van der Waals surface area contributed by atoms with Gasteiger partial charge in [-0.15, -0.1) is 0 Å².